The Balaban J connectivity index is 2.83. The molecule has 96 valence electrons. The van der Waals surface area contributed by atoms with Crippen molar-refractivity contribution in [2.45, 2.75) is 33.0 Å². The van der Waals surface area contributed by atoms with Gasteiger partial charge in [-0.2, -0.15) is 0 Å². The van der Waals surface area contributed by atoms with Crippen LogP contribution in [0.1, 0.15) is 31.1 Å². The highest BCUT2D eigenvalue weighted by Gasteiger charge is 2.28. The number of benzene rings is 1. The van der Waals surface area contributed by atoms with Gasteiger partial charge in [0.15, 0.2) is 0 Å². The van der Waals surface area contributed by atoms with E-state index in [4.69, 9.17) is 5.11 Å². The number of hydrogen-bond donors (Lipinski definition) is 3. The fourth-order valence-corrected chi connectivity index (χ4v) is 2.01. The van der Waals surface area contributed by atoms with E-state index in [0.29, 0.717) is 0 Å². The van der Waals surface area contributed by atoms with E-state index in [0.717, 1.165) is 11.1 Å². The van der Waals surface area contributed by atoms with Crippen molar-refractivity contribution in [1.82, 2.24) is 0 Å². The van der Waals surface area contributed by atoms with Crippen LogP contribution in [0, 0.1) is 18.8 Å². The van der Waals surface area contributed by atoms with Crippen molar-refractivity contribution < 1.29 is 15.3 Å². The molecule has 3 N–H and O–H groups in total. The molecular weight excluding hydrogens is 216 g/mol. The van der Waals surface area contributed by atoms with Crippen molar-refractivity contribution in [3.05, 3.63) is 35.4 Å². The minimum atomic E-state index is -0.713. The van der Waals surface area contributed by atoms with Gasteiger partial charge in [0, 0.05) is 18.4 Å². The largest absolute Gasteiger partial charge is 0.396 e. The van der Waals surface area contributed by atoms with Crippen LogP contribution in [-0.4, -0.2) is 28.0 Å². The van der Waals surface area contributed by atoms with Crippen LogP contribution in [0.2, 0.25) is 0 Å². The van der Waals surface area contributed by atoms with E-state index in [1.165, 1.54) is 0 Å². The Hall–Kier alpha value is -0.900. The minimum Gasteiger partial charge on any atom is -0.396 e. The van der Waals surface area contributed by atoms with Crippen LogP contribution < -0.4 is 0 Å². The molecule has 0 saturated heterocycles. The summed E-state index contributed by atoms with van der Waals surface area (Å²) >= 11 is 0. The third-order valence-corrected chi connectivity index (χ3v) is 3.41. The van der Waals surface area contributed by atoms with Gasteiger partial charge in [-0.25, -0.2) is 0 Å². The highest BCUT2D eigenvalue weighted by atomic mass is 16.3. The maximum absolute atomic E-state index is 10.2. The van der Waals surface area contributed by atoms with Gasteiger partial charge in [0.05, 0.1) is 12.2 Å². The third-order valence-electron chi connectivity index (χ3n) is 3.41. The van der Waals surface area contributed by atoms with Crippen molar-refractivity contribution in [2.24, 2.45) is 11.8 Å². The van der Waals surface area contributed by atoms with E-state index in [1.54, 1.807) is 13.8 Å². The summed E-state index contributed by atoms with van der Waals surface area (Å²) < 4.78 is 0. The average Bonchev–Trinajstić information content (AvgIpc) is 2.35. The van der Waals surface area contributed by atoms with Crippen LogP contribution in [0.15, 0.2) is 24.3 Å². The Labute approximate surface area is 103 Å². The monoisotopic (exact) mass is 238 g/mol. The maximum atomic E-state index is 10.2. The van der Waals surface area contributed by atoms with E-state index in [1.807, 2.05) is 31.2 Å². The van der Waals surface area contributed by atoms with Crippen LogP contribution in [0.3, 0.4) is 0 Å². The number of rotatable bonds is 5. The van der Waals surface area contributed by atoms with Crippen molar-refractivity contribution in [2.75, 3.05) is 6.61 Å². The van der Waals surface area contributed by atoms with Crippen molar-refractivity contribution >= 4 is 0 Å². The molecule has 4 atom stereocenters. The standard InChI is InChI=1S/C14H22O3/c1-9-6-4-5-7-12(9)14(17)11(3)13(16)10(2)8-15/h4-7,10-11,13-17H,8H2,1-3H3. The second-order valence-corrected chi connectivity index (χ2v) is 4.81. The van der Waals surface area contributed by atoms with E-state index in [9.17, 15) is 10.2 Å². The summed E-state index contributed by atoms with van der Waals surface area (Å²) in [6, 6.07) is 7.60. The predicted octanol–water partition coefficient (Wildman–Crippen LogP) is 1.65. The van der Waals surface area contributed by atoms with E-state index in [-0.39, 0.29) is 18.4 Å². The molecule has 17 heavy (non-hydrogen) atoms. The molecule has 0 heterocycles. The van der Waals surface area contributed by atoms with Gasteiger partial charge in [-0.1, -0.05) is 38.1 Å². The van der Waals surface area contributed by atoms with Gasteiger partial charge in [0.2, 0.25) is 0 Å². The summed E-state index contributed by atoms with van der Waals surface area (Å²) in [4.78, 5) is 0. The molecule has 0 saturated carbocycles. The Morgan fingerprint density at radius 2 is 1.71 bits per heavy atom. The molecule has 1 rings (SSSR count). The number of aliphatic hydroxyl groups is 3. The second kappa shape index (κ2) is 6.15. The summed E-state index contributed by atoms with van der Waals surface area (Å²) in [6.45, 7) is 5.43. The predicted molar refractivity (Wildman–Crippen MR) is 67.6 cm³/mol. The van der Waals surface area contributed by atoms with Crippen molar-refractivity contribution in [3.8, 4) is 0 Å². The Morgan fingerprint density at radius 3 is 2.24 bits per heavy atom. The SMILES string of the molecule is Cc1ccccc1C(O)C(C)C(O)C(C)CO. The summed E-state index contributed by atoms with van der Waals surface area (Å²) in [6.07, 6.45) is -1.42. The Bertz CT molecular complexity index is 351. The van der Waals surface area contributed by atoms with Gasteiger partial charge < -0.3 is 15.3 Å². The zero-order valence-electron chi connectivity index (χ0n) is 10.7. The highest BCUT2D eigenvalue weighted by molar-refractivity contribution is 5.28. The molecule has 0 aliphatic heterocycles. The lowest BCUT2D eigenvalue weighted by Crippen LogP contribution is -2.32. The summed E-state index contributed by atoms with van der Waals surface area (Å²) in [7, 11) is 0. The lowest BCUT2D eigenvalue weighted by atomic mass is 9.85. The van der Waals surface area contributed by atoms with Crippen molar-refractivity contribution in [3.63, 3.8) is 0 Å². The van der Waals surface area contributed by atoms with Gasteiger partial charge in [0.1, 0.15) is 0 Å². The molecule has 3 nitrogen and oxygen atoms in total. The molecule has 0 aliphatic rings. The lowest BCUT2D eigenvalue weighted by Gasteiger charge is -2.28. The summed E-state index contributed by atoms with van der Waals surface area (Å²) in [5.41, 5.74) is 1.85. The van der Waals surface area contributed by atoms with Gasteiger partial charge >= 0.3 is 0 Å². The number of aliphatic hydroxyl groups excluding tert-OH is 3. The first-order valence-corrected chi connectivity index (χ1v) is 6.01. The Morgan fingerprint density at radius 1 is 1.12 bits per heavy atom. The van der Waals surface area contributed by atoms with Crippen LogP contribution >= 0.6 is 0 Å². The Kier molecular flexibility index (Phi) is 5.12. The molecule has 0 radical (unpaired) electrons. The van der Waals surface area contributed by atoms with Crippen LogP contribution in [0.4, 0.5) is 0 Å². The van der Waals surface area contributed by atoms with Gasteiger partial charge in [-0.05, 0) is 18.1 Å². The van der Waals surface area contributed by atoms with E-state index in [2.05, 4.69) is 0 Å². The maximum Gasteiger partial charge on any atom is 0.0842 e. The first-order valence-electron chi connectivity index (χ1n) is 6.01. The molecule has 0 fully saturated rings. The molecule has 3 heteroatoms. The van der Waals surface area contributed by atoms with Gasteiger partial charge in [-0.3, -0.25) is 0 Å². The summed E-state index contributed by atoms with van der Waals surface area (Å²) in [5.74, 6) is -0.540. The number of hydrogen-bond acceptors (Lipinski definition) is 3. The van der Waals surface area contributed by atoms with Crippen LogP contribution in [-0.2, 0) is 0 Å². The van der Waals surface area contributed by atoms with Gasteiger partial charge in [0.25, 0.3) is 0 Å². The molecular formula is C14H22O3. The average molecular weight is 238 g/mol. The molecule has 1 aromatic rings. The first kappa shape index (κ1) is 14.2. The molecule has 1 aromatic carbocycles. The smallest absolute Gasteiger partial charge is 0.0842 e. The molecule has 4 unspecified atom stereocenters. The normalized spacial score (nSPS) is 18.5. The zero-order chi connectivity index (χ0) is 13.0. The fourth-order valence-electron chi connectivity index (χ4n) is 2.01. The van der Waals surface area contributed by atoms with Crippen molar-refractivity contribution in [1.29, 1.82) is 0 Å². The van der Waals surface area contributed by atoms with Crippen LogP contribution in [0.25, 0.3) is 0 Å². The highest BCUT2D eigenvalue weighted by Crippen LogP contribution is 2.29. The van der Waals surface area contributed by atoms with E-state index >= 15 is 0 Å². The van der Waals surface area contributed by atoms with Gasteiger partial charge in [-0.15, -0.1) is 0 Å². The minimum absolute atomic E-state index is 0.0774. The molecule has 0 spiro atoms. The first-order chi connectivity index (χ1) is 7.99. The number of aryl methyl sites for hydroxylation is 1. The third kappa shape index (κ3) is 3.28. The molecule has 0 aliphatic carbocycles. The summed E-state index contributed by atoms with van der Waals surface area (Å²) in [5, 5.41) is 29.3. The topological polar surface area (TPSA) is 60.7 Å². The fraction of sp³-hybridized carbons (Fsp3) is 0.571. The zero-order valence-corrected chi connectivity index (χ0v) is 10.7. The van der Waals surface area contributed by atoms with E-state index < -0.39 is 12.2 Å². The second-order valence-electron chi connectivity index (χ2n) is 4.81. The quantitative estimate of drug-likeness (QED) is 0.731. The molecule has 0 bridgehead atoms. The van der Waals surface area contributed by atoms with Crippen LogP contribution in [0.5, 0.6) is 0 Å². The molecule has 0 aromatic heterocycles. The molecule has 0 amide bonds. The lowest BCUT2D eigenvalue weighted by molar-refractivity contribution is -0.0206.